The van der Waals surface area contributed by atoms with Crippen LogP contribution in [0.3, 0.4) is 0 Å². The summed E-state index contributed by atoms with van der Waals surface area (Å²) in [5, 5.41) is 17.0. The number of carboxylic acids is 1. The lowest BCUT2D eigenvalue weighted by atomic mass is 10.0. The van der Waals surface area contributed by atoms with Crippen molar-refractivity contribution in [2.24, 2.45) is 5.92 Å². The van der Waals surface area contributed by atoms with E-state index in [1.807, 2.05) is 0 Å². The van der Waals surface area contributed by atoms with Crippen molar-refractivity contribution in [1.82, 2.24) is 0 Å². The summed E-state index contributed by atoms with van der Waals surface area (Å²) in [7, 11) is 0. The van der Waals surface area contributed by atoms with Gasteiger partial charge in [0.15, 0.2) is 0 Å². The molecule has 0 rings (SSSR count). The molecule has 2 N–H and O–H groups in total. The number of carboxylic acid groups (broad SMARTS) is 1. The molecule has 0 aromatic heterocycles. The van der Waals surface area contributed by atoms with Crippen LogP contribution in [-0.2, 0) is 4.79 Å². The molecule has 0 aromatic carbocycles. The van der Waals surface area contributed by atoms with Crippen LogP contribution in [0.15, 0.2) is 0 Å². The van der Waals surface area contributed by atoms with Crippen molar-refractivity contribution < 1.29 is 15.0 Å². The monoisotopic (exact) mass is 156 g/mol. The summed E-state index contributed by atoms with van der Waals surface area (Å²) >= 11 is 0. The van der Waals surface area contributed by atoms with Gasteiger partial charge in [0.1, 0.15) is 0 Å². The standard InChI is InChI=1S/C8H12O3/c1-2-3-4-5-7(6-9)8(10)11/h1,7,9H,3-6H2,(H,10,11)/t7-/m1/s1. The number of hydrogen-bond donors (Lipinski definition) is 2. The smallest absolute Gasteiger partial charge is 0.308 e. The Bertz CT molecular complexity index is 157. The van der Waals surface area contributed by atoms with E-state index in [1.165, 1.54) is 0 Å². The van der Waals surface area contributed by atoms with Crippen molar-refractivity contribution in [2.75, 3.05) is 6.61 Å². The van der Waals surface area contributed by atoms with Crippen molar-refractivity contribution in [3.8, 4) is 12.3 Å². The second-order valence-corrected chi connectivity index (χ2v) is 2.31. The van der Waals surface area contributed by atoms with Crippen LogP contribution in [-0.4, -0.2) is 22.8 Å². The maximum Gasteiger partial charge on any atom is 0.308 e. The van der Waals surface area contributed by atoms with E-state index in [-0.39, 0.29) is 6.61 Å². The van der Waals surface area contributed by atoms with E-state index >= 15 is 0 Å². The highest BCUT2D eigenvalue weighted by molar-refractivity contribution is 5.69. The topological polar surface area (TPSA) is 57.5 Å². The molecule has 0 spiro atoms. The fourth-order valence-electron chi connectivity index (χ4n) is 0.743. The van der Waals surface area contributed by atoms with Gasteiger partial charge < -0.3 is 10.2 Å². The molecule has 3 heteroatoms. The number of unbranched alkanes of at least 4 members (excludes halogenated alkanes) is 1. The molecule has 0 aromatic rings. The van der Waals surface area contributed by atoms with E-state index < -0.39 is 11.9 Å². The molecule has 1 atom stereocenters. The van der Waals surface area contributed by atoms with E-state index in [2.05, 4.69) is 5.92 Å². The first-order valence-electron chi connectivity index (χ1n) is 3.49. The van der Waals surface area contributed by atoms with Crippen molar-refractivity contribution in [3.63, 3.8) is 0 Å². The number of hydrogen-bond acceptors (Lipinski definition) is 2. The van der Waals surface area contributed by atoms with E-state index in [0.29, 0.717) is 19.3 Å². The van der Waals surface area contributed by atoms with Gasteiger partial charge in [-0.2, -0.15) is 0 Å². The molecule has 0 amide bonds. The van der Waals surface area contributed by atoms with Gasteiger partial charge in [0.25, 0.3) is 0 Å². The summed E-state index contributed by atoms with van der Waals surface area (Å²) in [5.74, 6) is 0.808. The Labute approximate surface area is 66.0 Å². The van der Waals surface area contributed by atoms with E-state index in [0.717, 1.165) is 0 Å². The second-order valence-electron chi connectivity index (χ2n) is 2.31. The maximum absolute atomic E-state index is 10.3. The molecule has 0 saturated heterocycles. The largest absolute Gasteiger partial charge is 0.481 e. The normalized spacial score (nSPS) is 12.0. The lowest BCUT2D eigenvalue weighted by Crippen LogP contribution is -2.17. The Kier molecular flexibility index (Phi) is 5.22. The van der Waals surface area contributed by atoms with Crippen LogP contribution in [0.4, 0.5) is 0 Å². The highest BCUT2D eigenvalue weighted by Crippen LogP contribution is 2.07. The third-order valence-electron chi connectivity index (χ3n) is 1.44. The van der Waals surface area contributed by atoms with Crippen LogP contribution in [0.2, 0.25) is 0 Å². The number of terminal acetylenes is 1. The molecule has 62 valence electrons. The van der Waals surface area contributed by atoms with Crippen LogP contribution < -0.4 is 0 Å². The second kappa shape index (κ2) is 5.75. The van der Waals surface area contributed by atoms with Crippen molar-refractivity contribution in [1.29, 1.82) is 0 Å². The van der Waals surface area contributed by atoms with Crippen molar-refractivity contribution >= 4 is 5.97 Å². The van der Waals surface area contributed by atoms with Gasteiger partial charge in [0, 0.05) is 6.42 Å². The Morgan fingerprint density at radius 3 is 2.64 bits per heavy atom. The molecule has 11 heavy (non-hydrogen) atoms. The van der Waals surface area contributed by atoms with Gasteiger partial charge in [-0.25, -0.2) is 0 Å². The molecule has 0 aliphatic heterocycles. The molecule has 0 heterocycles. The third kappa shape index (κ3) is 4.40. The number of carbonyl (C=O) groups is 1. The van der Waals surface area contributed by atoms with Gasteiger partial charge in [-0.1, -0.05) is 0 Å². The SMILES string of the molecule is C#CCCC[C@H](CO)C(=O)O. The fourth-order valence-corrected chi connectivity index (χ4v) is 0.743. The average molecular weight is 156 g/mol. The summed E-state index contributed by atoms with van der Waals surface area (Å²) in [6.07, 6.45) is 6.66. The predicted molar refractivity (Wildman–Crippen MR) is 40.9 cm³/mol. The molecule has 0 saturated carbocycles. The van der Waals surface area contributed by atoms with Gasteiger partial charge in [-0.15, -0.1) is 12.3 Å². The van der Waals surface area contributed by atoms with E-state index in [9.17, 15) is 4.79 Å². The number of aliphatic carboxylic acids is 1. The lowest BCUT2D eigenvalue weighted by molar-refractivity contribution is -0.143. The Morgan fingerprint density at radius 2 is 2.27 bits per heavy atom. The molecule has 0 bridgehead atoms. The van der Waals surface area contributed by atoms with Crippen LogP contribution in [0.1, 0.15) is 19.3 Å². The zero-order valence-electron chi connectivity index (χ0n) is 6.29. The summed E-state index contributed by atoms with van der Waals surface area (Å²) in [5.41, 5.74) is 0. The zero-order chi connectivity index (χ0) is 8.69. The average Bonchev–Trinajstić information content (AvgIpc) is 1.97. The fraction of sp³-hybridized carbons (Fsp3) is 0.625. The first kappa shape index (κ1) is 9.99. The minimum Gasteiger partial charge on any atom is -0.481 e. The first-order valence-corrected chi connectivity index (χ1v) is 3.49. The van der Waals surface area contributed by atoms with E-state index in [4.69, 9.17) is 16.6 Å². The molecule has 3 nitrogen and oxygen atoms in total. The van der Waals surface area contributed by atoms with Crippen molar-refractivity contribution in [3.05, 3.63) is 0 Å². The number of rotatable bonds is 5. The molecule has 0 fully saturated rings. The minimum atomic E-state index is -0.954. The van der Waals surface area contributed by atoms with Crippen LogP contribution in [0, 0.1) is 18.3 Å². The zero-order valence-corrected chi connectivity index (χ0v) is 6.29. The third-order valence-corrected chi connectivity index (χ3v) is 1.44. The predicted octanol–water partition coefficient (Wildman–Crippen LogP) is 0.483. The lowest BCUT2D eigenvalue weighted by Gasteiger charge is -2.05. The van der Waals surface area contributed by atoms with Crippen LogP contribution in [0.5, 0.6) is 0 Å². The summed E-state index contributed by atoms with van der Waals surface area (Å²) in [4.78, 5) is 10.3. The number of aliphatic hydroxyl groups is 1. The molecule has 0 aliphatic rings. The molecular formula is C8H12O3. The van der Waals surface area contributed by atoms with Crippen LogP contribution in [0.25, 0.3) is 0 Å². The van der Waals surface area contributed by atoms with E-state index in [1.54, 1.807) is 0 Å². The summed E-state index contributed by atoms with van der Waals surface area (Å²) in [6.45, 7) is -0.306. The van der Waals surface area contributed by atoms with Gasteiger partial charge in [-0.05, 0) is 12.8 Å². The van der Waals surface area contributed by atoms with Gasteiger partial charge in [0.05, 0.1) is 12.5 Å². The molecular weight excluding hydrogens is 144 g/mol. The van der Waals surface area contributed by atoms with Crippen molar-refractivity contribution in [2.45, 2.75) is 19.3 Å². The summed E-state index contributed by atoms with van der Waals surface area (Å²) in [6, 6.07) is 0. The van der Waals surface area contributed by atoms with Gasteiger partial charge in [-0.3, -0.25) is 4.79 Å². The quantitative estimate of drug-likeness (QED) is 0.449. The Hall–Kier alpha value is -1.01. The highest BCUT2D eigenvalue weighted by atomic mass is 16.4. The molecule has 0 radical (unpaired) electrons. The highest BCUT2D eigenvalue weighted by Gasteiger charge is 2.14. The Morgan fingerprint density at radius 1 is 1.64 bits per heavy atom. The number of aliphatic hydroxyl groups excluding tert-OH is 1. The molecule has 0 unspecified atom stereocenters. The molecule has 0 aliphatic carbocycles. The van der Waals surface area contributed by atoms with Gasteiger partial charge >= 0.3 is 5.97 Å². The summed E-state index contributed by atoms with van der Waals surface area (Å²) < 4.78 is 0. The first-order chi connectivity index (χ1) is 5.22. The minimum absolute atomic E-state index is 0.306. The van der Waals surface area contributed by atoms with Gasteiger partial charge in [0.2, 0.25) is 0 Å². The maximum atomic E-state index is 10.3. The van der Waals surface area contributed by atoms with Crippen LogP contribution >= 0.6 is 0 Å². The Balaban J connectivity index is 3.54.